The number of hydrogen-bond donors (Lipinski definition) is 2. The molecule has 2 N–H and O–H groups in total. The largest absolute Gasteiger partial charge is 0.507 e. The number of hydrogen-bond acceptors (Lipinski definition) is 6. The summed E-state index contributed by atoms with van der Waals surface area (Å²) in [5.41, 5.74) is 5.73. The summed E-state index contributed by atoms with van der Waals surface area (Å²) >= 11 is 0. The first kappa shape index (κ1) is 23.7. The van der Waals surface area contributed by atoms with Crippen molar-refractivity contribution in [2.75, 3.05) is 26.3 Å². The maximum absolute atomic E-state index is 13.1. The number of carbonyl (C=O) groups is 1. The van der Waals surface area contributed by atoms with E-state index in [2.05, 4.69) is 10.5 Å². The molecule has 9 nitrogen and oxygen atoms in total. The molecule has 0 unspecified atom stereocenters. The van der Waals surface area contributed by atoms with Crippen molar-refractivity contribution in [3.05, 3.63) is 77.1 Å². The summed E-state index contributed by atoms with van der Waals surface area (Å²) in [5.74, 6) is -0.649. The second kappa shape index (κ2) is 9.80. The molecule has 2 aromatic carbocycles. The van der Waals surface area contributed by atoms with Gasteiger partial charge in [0.25, 0.3) is 5.91 Å². The minimum absolute atomic E-state index is 0.125. The molecule has 0 bridgehead atoms. The molecule has 1 fully saturated rings. The molecule has 1 saturated heterocycles. The van der Waals surface area contributed by atoms with Crippen molar-refractivity contribution in [3.63, 3.8) is 0 Å². The van der Waals surface area contributed by atoms with Gasteiger partial charge in [-0.05, 0) is 50.2 Å². The van der Waals surface area contributed by atoms with Gasteiger partial charge in [-0.2, -0.15) is 9.41 Å². The molecule has 0 spiro atoms. The van der Waals surface area contributed by atoms with E-state index in [1.807, 2.05) is 30.5 Å². The Labute approximate surface area is 198 Å². The molecule has 34 heavy (non-hydrogen) atoms. The molecule has 178 valence electrons. The van der Waals surface area contributed by atoms with E-state index >= 15 is 0 Å². The van der Waals surface area contributed by atoms with Gasteiger partial charge in [0.05, 0.1) is 29.9 Å². The number of phenolic OH excluding ortho intramolecular Hbond substituents is 1. The van der Waals surface area contributed by atoms with Crippen LogP contribution < -0.4 is 5.43 Å². The normalized spacial score (nSPS) is 15.0. The first-order valence-electron chi connectivity index (χ1n) is 10.8. The van der Waals surface area contributed by atoms with Crippen molar-refractivity contribution in [3.8, 4) is 11.4 Å². The zero-order chi connectivity index (χ0) is 24.3. The minimum Gasteiger partial charge on any atom is -0.507 e. The van der Waals surface area contributed by atoms with Gasteiger partial charge in [-0.3, -0.25) is 4.79 Å². The fraction of sp³-hybridized carbons (Fsp3) is 0.250. The number of sulfonamides is 1. The molecule has 0 radical (unpaired) electrons. The summed E-state index contributed by atoms with van der Waals surface area (Å²) in [7, 11) is -3.62. The molecule has 1 amide bonds. The predicted molar refractivity (Wildman–Crippen MR) is 128 cm³/mol. The lowest BCUT2D eigenvalue weighted by molar-refractivity contribution is 0.0730. The Bertz CT molecular complexity index is 1340. The average molecular weight is 483 g/mol. The lowest BCUT2D eigenvalue weighted by Gasteiger charge is -2.26. The van der Waals surface area contributed by atoms with E-state index in [0.717, 1.165) is 17.0 Å². The van der Waals surface area contributed by atoms with Gasteiger partial charge in [0.15, 0.2) is 0 Å². The van der Waals surface area contributed by atoms with E-state index in [1.165, 1.54) is 22.7 Å². The van der Waals surface area contributed by atoms with Crippen LogP contribution in [-0.2, 0) is 14.8 Å². The number of phenols is 1. The van der Waals surface area contributed by atoms with E-state index < -0.39 is 15.9 Å². The Morgan fingerprint density at radius 3 is 2.56 bits per heavy atom. The van der Waals surface area contributed by atoms with Crippen LogP contribution >= 0.6 is 0 Å². The van der Waals surface area contributed by atoms with Crippen molar-refractivity contribution in [2.24, 2.45) is 5.10 Å². The fourth-order valence-corrected chi connectivity index (χ4v) is 5.37. The number of nitrogens with zero attached hydrogens (tertiary/aromatic N) is 3. The van der Waals surface area contributed by atoms with Gasteiger partial charge in [0.2, 0.25) is 10.0 Å². The van der Waals surface area contributed by atoms with Crippen LogP contribution in [0, 0.1) is 13.8 Å². The number of aromatic nitrogens is 1. The highest BCUT2D eigenvalue weighted by Gasteiger charge is 2.26. The lowest BCUT2D eigenvalue weighted by atomic mass is 10.2. The van der Waals surface area contributed by atoms with E-state index in [9.17, 15) is 18.3 Å². The predicted octanol–water partition coefficient (Wildman–Crippen LogP) is 2.58. The number of para-hydroxylation sites is 1. The number of rotatable bonds is 6. The quantitative estimate of drug-likeness (QED) is 0.414. The Balaban J connectivity index is 1.57. The first-order valence-corrected chi connectivity index (χ1v) is 12.2. The summed E-state index contributed by atoms with van der Waals surface area (Å²) in [6.07, 6.45) is 1.52. The Morgan fingerprint density at radius 1 is 1.09 bits per heavy atom. The molecule has 1 aromatic heterocycles. The standard InChI is InChI=1S/C24H26N4O5S/c1-17-14-19(16-25-26-24(30)22-8-3-4-9-23(22)29)18(2)28(17)20-6-5-7-21(15-20)34(31,32)27-10-12-33-13-11-27/h3-9,14-16,29H,10-13H2,1-2H3,(H,26,30)/b25-16+. The summed E-state index contributed by atoms with van der Waals surface area (Å²) in [6.45, 7) is 5.24. The Morgan fingerprint density at radius 2 is 1.82 bits per heavy atom. The molecule has 0 saturated carbocycles. The number of nitrogens with one attached hydrogen (secondary N) is 1. The number of hydrazone groups is 1. The Kier molecular flexibility index (Phi) is 6.82. The smallest absolute Gasteiger partial charge is 0.275 e. The number of benzene rings is 2. The van der Waals surface area contributed by atoms with E-state index in [1.54, 1.807) is 30.3 Å². The maximum Gasteiger partial charge on any atom is 0.275 e. The van der Waals surface area contributed by atoms with Crippen molar-refractivity contribution in [2.45, 2.75) is 18.7 Å². The van der Waals surface area contributed by atoms with Gasteiger partial charge in [0, 0.05) is 35.7 Å². The van der Waals surface area contributed by atoms with E-state index in [0.29, 0.717) is 32.0 Å². The monoisotopic (exact) mass is 482 g/mol. The number of amides is 1. The average Bonchev–Trinajstić information content (AvgIpc) is 3.12. The number of aromatic hydroxyl groups is 1. The van der Waals surface area contributed by atoms with Crippen LogP contribution in [0.25, 0.3) is 5.69 Å². The molecule has 1 aliphatic heterocycles. The summed E-state index contributed by atoms with van der Waals surface area (Å²) in [4.78, 5) is 12.5. The van der Waals surface area contributed by atoms with Gasteiger partial charge < -0.3 is 14.4 Å². The van der Waals surface area contributed by atoms with Crippen LogP contribution in [0.2, 0.25) is 0 Å². The number of morpholine rings is 1. The van der Waals surface area contributed by atoms with Crippen LogP contribution in [0.15, 0.2) is 64.6 Å². The molecule has 0 atom stereocenters. The zero-order valence-corrected chi connectivity index (χ0v) is 19.7. The molecule has 10 heteroatoms. The van der Waals surface area contributed by atoms with E-state index in [4.69, 9.17) is 4.74 Å². The first-order chi connectivity index (χ1) is 16.3. The van der Waals surface area contributed by atoms with Crippen molar-refractivity contribution < 1.29 is 23.1 Å². The van der Waals surface area contributed by atoms with Crippen LogP contribution in [0.4, 0.5) is 0 Å². The van der Waals surface area contributed by atoms with Gasteiger partial charge >= 0.3 is 0 Å². The summed E-state index contributed by atoms with van der Waals surface area (Å²) in [6, 6.07) is 14.9. The lowest BCUT2D eigenvalue weighted by Crippen LogP contribution is -2.40. The third-order valence-electron chi connectivity index (χ3n) is 5.67. The van der Waals surface area contributed by atoms with Gasteiger partial charge in [-0.15, -0.1) is 0 Å². The fourth-order valence-electron chi connectivity index (χ4n) is 3.92. The molecule has 4 rings (SSSR count). The molecular formula is C24H26N4O5S. The maximum atomic E-state index is 13.1. The molecule has 2 heterocycles. The highest BCUT2D eigenvalue weighted by atomic mass is 32.2. The number of aryl methyl sites for hydroxylation is 1. The second-order valence-corrected chi connectivity index (χ2v) is 9.83. The highest BCUT2D eigenvalue weighted by molar-refractivity contribution is 7.89. The topological polar surface area (TPSA) is 113 Å². The van der Waals surface area contributed by atoms with Gasteiger partial charge in [-0.25, -0.2) is 13.8 Å². The summed E-state index contributed by atoms with van der Waals surface area (Å²) < 4.78 is 34.8. The number of carbonyl (C=O) groups excluding carboxylic acids is 1. The molecule has 3 aromatic rings. The third kappa shape index (κ3) is 4.74. The molecule has 1 aliphatic rings. The third-order valence-corrected chi connectivity index (χ3v) is 7.57. The number of ether oxygens (including phenoxy) is 1. The highest BCUT2D eigenvalue weighted by Crippen LogP contribution is 2.24. The zero-order valence-electron chi connectivity index (χ0n) is 18.9. The van der Waals surface area contributed by atoms with Crippen LogP contribution in [-0.4, -0.2) is 60.8 Å². The van der Waals surface area contributed by atoms with Crippen LogP contribution in [0.1, 0.15) is 27.3 Å². The molecule has 0 aliphatic carbocycles. The molecular weight excluding hydrogens is 456 g/mol. The van der Waals surface area contributed by atoms with Crippen molar-refractivity contribution >= 4 is 22.1 Å². The van der Waals surface area contributed by atoms with Crippen molar-refractivity contribution in [1.29, 1.82) is 0 Å². The minimum atomic E-state index is -3.62. The van der Waals surface area contributed by atoms with Gasteiger partial charge in [0.1, 0.15) is 5.75 Å². The summed E-state index contributed by atoms with van der Waals surface area (Å²) in [5, 5.41) is 13.8. The Hall–Kier alpha value is -3.47. The van der Waals surface area contributed by atoms with Crippen LogP contribution in [0.3, 0.4) is 0 Å². The second-order valence-electron chi connectivity index (χ2n) is 7.89. The van der Waals surface area contributed by atoms with E-state index in [-0.39, 0.29) is 16.2 Å². The van der Waals surface area contributed by atoms with Crippen LogP contribution in [0.5, 0.6) is 5.75 Å². The van der Waals surface area contributed by atoms with Crippen molar-refractivity contribution in [1.82, 2.24) is 14.3 Å². The van der Waals surface area contributed by atoms with Gasteiger partial charge in [-0.1, -0.05) is 18.2 Å². The SMILES string of the molecule is Cc1cc(/C=N/NC(=O)c2ccccc2O)c(C)n1-c1cccc(S(=O)(=O)N2CCOCC2)c1.